The van der Waals surface area contributed by atoms with Crippen molar-refractivity contribution in [3.8, 4) is 0 Å². The van der Waals surface area contributed by atoms with Gasteiger partial charge in [-0.25, -0.2) is 4.57 Å². The third-order valence-electron chi connectivity index (χ3n) is 4.81. The number of rotatable bonds is 4. The molecular weight excluding hydrogens is 450 g/mol. The third kappa shape index (κ3) is 3.86. The number of nitrogens with zero attached hydrogens (tertiary/aromatic N) is 5. The number of thioether (sulfide) groups is 1. The zero-order valence-electron chi connectivity index (χ0n) is 17.4. The summed E-state index contributed by atoms with van der Waals surface area (Å²) < 4.78 is 4.86. The van der Waals surface area contributed by atoms with Crippen LogP contribution in [0.2, 0.25) is 0 Å². The van der Waals surface area contributed by atoms with Crippen LogP contribution in [0.1, 0.15) is 6.92 Å². The van der Waals surface area contributed by atoms with Gasteiger partial charge in [0.2, 0.25) is 0 Å². The molecule has 4 heterocycles. The van der Waals surface area contributed by atoms with Gasteiger partial charge in [0, 0.05) is 31.7 Å². The molecule has 0 radical (unpaired) electrons. The maximum Gasteiger partial charge on any atom is 0.384 e. The van der Waals surface area contributed by atoms with Crippen LogP contribution in [0.3, 0.4) is 0 Å². The summed E-state index contributed by atoms with van der Waals surface area (Å²) in [6, 6.07) is 0. The third-order valence-corrected chi connectivity index (χ3v) is 8.06. The summed E-state index contributed by atoms with van der Waals surface area (Å²) in [6.45, 7) is 6.53. The number of hydrogen-bond donors (Lipinski definition) is 0. The average molecular weight is 473 g/mol. The van der Waals surface area contributed by atoms with Crippen LogP contribution in [0.4, 0.5) is 5.13 Å². The Kier molecular flexibility index (Phi) is 6.12. The Morgan fingerprint density at radius 3 is 2.74 bits per heavy atom. The molecule has 0 N–H and O–H groups in total. The molecule has 2 aliphatic rings. The highest BCUT2D eigenvalue weighted by atomic mass is 32.2. The van der Waals surface area contributed by atoms with E-state index in [1.54, 1.807) is 15.5 Å². The molecule has 1 amide bonds. The predicted octanol–water partition coefficient (Wildman–Crippen LogP) is 1.50. The summed E-state index contributed by atoms with van der Waals surface area (Å²) in [4.78, 5) is 35.3. The summed E-state index contributed by atoms with van der Waals surface area (Å²) in [6.07, 6.45) is 11.3. The Hall–Kier alpha value is -2.69. The molecule has 4 rings (SSSR count). The minimum Gasteiger partial charge on any atom is -0.350 e. The first-order valence-corrected chi connectivity index (χ1v) is 12.2. The van der Waals surface area contributed by atoms with E-state index in [9.17, 15) is 9.59 Å². The van der Waals surface area contributed by atoms with Crippen LogP contribution in [0.25, 0.3) is 10.6 Å². The van der Waals surface area contributed by atoms with E-state index in [-0.39, 0.29) is 11.5 Å². The van der Waals surface area contributed by atoms with Crippen molar-refractivity contribution in [3.63, 3.8) is 0 Å². The number of allylic oxidation sites excluding steroid dienone is 2. The lowest BCUT2D eigenvalue weighted by molar-refractivity contribution is -0.653. The first-order valence-electron chi connectivity index (χ1n) is 9.64. The Labute approximate surface area is 192 Å². The molecule has 0 saturated carbocycles. The van der Waals surface area contributed by atoms with Crippen LogP contribution in [0, 0.1) is 0 Å². The fraction of sp³-hybridized carbons (Fsp3) is 0.238. The van der Waals surface area contributed by atoms with E-state index < -0.39 is 0 Å². The smallest absolute Gasteiger partial charge is 0.350 e. The molecule has 2 aromatic heterocycles. The van der Waals surface area contributed by atoms with Crippen LogP contribution >= 0.6 is 34.4 Å². The number of amides is 1. The minimum atomic E-state index is -0.157. The van der Waals surface area contributed by atoms with Crippen LogP contribution in [0.15, 0.2) is 58.4 Å². The van der Waals surface area contributed by atoms with Crippen molar-refractivity contribution >= 4 is 61.2 Å². The van der Waals surface area contributed by atoms with E-state index in [1.165, 1.54) is 34.4 Å². The zero-order chi connectivity index (χ0) is 22.1. The van der Waals surface area contributed by atoms with Gasteiger partial charge in [0.1, 0.15) is 20.3 Å². The fourth-order valence-electron chi connectivity index (χ4n) is 3.21. The Balaban J connectivity index is 1.94. The molecule has 0 spiro atoms. The molecule has 0 bridgehead atoms. The number of likely N-dealkylation sites (N-methyl/N-ethyl adjacent to an activating group) is 1. The molecule has 1 saturated heterocycles. The minimum absolute atomic E-state index is 0.0875. The quantitative estimate of drug-likeness (QED) is 0.500. The molecule has 10 heteroatoms. The van der Waals surface area contributed by atoms with E-state index >= 15 is 0 Å². The Bertz CT molecular complexity index is 1330. The zero-order valence-corrected chi connectivity index (χ0v) is 19.9. The van der Waals surface area contributed by atoms with Gasteiger partial charge >= 0.3 is 5.13 Å². The molecular formula is C21H22N5O2S3+. The van der Waals surface area contributed by atoms with Gasteiger partial charge in [-0.2, -0.15) is 0 Å². The van der Waals surface area contributed by atoms with Crippen LogP contribution < -0.4 is 19.3 Å². The van der Waals surface area contributed by atoms with E-state index in [1.807, 2.05) is 66.5 Å². The Morgan fingerprint density at radius 2 is 2.10 bits per heavy atom. The molecule has 2 aliphatic heterocycles. The van der Waals surface area contributed by atoms with E-state index in [0.29, 0.717) is 32.4 Å². The lowest BCUT2D eigenvalue weighted by Crippen LogP contribution is -2.35. The number of aliphatic imine (C=N–C) groups is 1. The number of carbonyl (C=O) groups excluding carboxylic acids is 1. The lowest BCUT2D eigenvalue weighted by atomic mass is 10.3. The Morgan fingerprint density at radius 1 is 1.29 bits per heavy atom. The van der Waals surface area contributed by atoms with Crippen molar-refractivity contribution in [1.29, 1.82) is 0 Å². The molecule has 0 atom stereocenters. The molecule has 160 valence electrons. The van der Waals surface area contributed by atoms with Gasteiger partial charge in [0.15, 0.2) is 0 Å². The highest BCUT2D eigenvalue weighted by Gasteiger charge is 2.38. The van der Waals surface area contributed by atoms with Gasteiger partial charge in [0.05, 0.1) is 12.7 Å². The predicted molar refractivity (Wildman–Crippen MR) is 128 cm³/mol. The highest BCUT2D eigenvalue weighted by Crippen LogP contribution is 2.33. The number of aryl methyl sites for hydroxylation is 1. The second-order valence-electron chi connectivity index (χ2n) is 6.81. The normalized spacial score (nSPS) is 21.0. The van der Waals surface area contributed by atoms with E-state index in [4.69, 9.17) is 4.99 Å². The molecule has 1 fully saturated rings. The summed E-state index contributed by atoms with van der Waals surface area (Å²) in [5, 5.41) is 3.33. The van der Waals surface area contributed by atoms with E-state index in [2.05, 4.69) is 6.58 Å². The van der Waals surface area contributed by atoms with Gasteiger partial charge in [0.25, 0.3) is 16.6 Å². The van der Waals surface area contributed by atoms with Gasteiger partial charge in [-0.1, -0.05) is 23.5 Å². The maximum atomic E-state index is 13.3. The van der Waals surface area contributed by atoms with Gasteiger partial charge in [-0.05, 0) is 35.8 Å². The standard InChI is InChI=1S/C21H22N5O2S3/c1-5-10-26-18(28)16(31-21(26)22-20-24(4)12-13-29-20)19-25(6-2)17(27)15(30-19)14-9-7-8-11-23(14)3/h5,7-9,11-13H,1,6,10H2,2-4H3/q+1/b15-14-,19-16-. The number of thiazole rings is 2. The molecule has 0 aliphatic carbocycles. The maximum absolute atomic E-state index is 13.3. The molecule has 2 aromatic rings. The second-order valence-corrected chi connectivity index (χ2v) is 9.66. The van der Waals surface area contributed by atoms with Crippen LogP contribution in [-0.4, -0.2) is 39.0 Å². The number of carbonyl (C=O) groups is 1. The molecule has 0 unspecified atom stereocenters. The van der Waals surface area contributed by atoms with Crippen molar-refractivity contribution < 1.29 is 9.36 Å². The first-order chi connectivity index (χ1) is 15.0. The molecule has 7 nitrogen and oxygen atoms in total. The topological polar surface area (TPSA) is 61.8 Å². The number of hydrogen-bond acceptors (Lipinski definition) is 7. The average Bonchev–Trinajstić information content (AvgIpc) is 3.40. The summed E-state index contributed by atoms with van der Waals surface area (Å²) in [7, 11) is 3.82. The fourth-order valence-corrected chi connectivity index (χ4v) is 6.44. The largest absolute Gasteiger partial charge is 0.384 e. The van der Waals surface area contributed by atoms with E-state index in [0.717, 1.165) is 10.8 Å². The summed E-state index contributed by atoms with van der Waals surface area (Å²) in [5.74, 6) is -0.157. The summed E-state index contributed by atoms with van der Waals surface area (Å²) in [5.41, 5.74) is 0.736. The molecule has 0 aromatic carbocycles. The highest BCUT2D eigenvalue weighted by molar-refractivity contribution is 8.23. The van der Waals surface area contributed by atoms with Gasteiger partial charge in [-0.3, -0.25) is 19.1 Å². The lowest BCUT2D eigenvalue weighted by Gasteiger charge is -2.16. The molecule has 31 heavy (non-hydrogen) atoms. The number of aromatic nitrogens is 2. The van der Waals surface area contributed by atoms with Gasteiger partial charge in [-0.15, -0.1) is 17.9 Å². The van der Waals surface area contributed by atoms with Gasteiger partial charge < -0.3 is 4.90 Å². The monoisotopic (exact) mass is 472 g/mol. The van der Waals surface area contributed by atoms with Crippen LogP contribution in [-0.2, 0) is 18.4 Å². The van der Waals surface area contributed by atoms with Crippen molar-refractivity contribution in [1.82, 2.24) is 14.4 Å². The first kappa shape index (κ1) is 21.5. The number of amidine groups is 1. The second kappa shape index (κ2) is 8.81. The SMILES string of the molecule is C=CCN1C(=O)/C(=c2/s/c(=C3/C=CC=CN3C)c(=O)n2CC)S/C1=N\c1scc[n+]1C. The van der Waals surface area contributed by atoms with Crippen molar-refractivity contribution in [2.45, 2.75) is 13.5 Å². The van der Waals surface area contributed by atoms with Crippen molar-refractivity contribution in [2.24, 2.45) is 12.0 Å². The van der Waals surface area contributed by atoms with Crippen molar-refractivity contribution in [3.05, 3.63) is 68.2 Å². The van der Waals surface area contributed by atoms with Crippen molar-refractivity contribution in [2.75, 3.05) is 13.6 Å². The van der Waals surface area contributed by atoms with Crippen LogP contribution in [0.5, 0.6) is 0 Å². The summed E-state index contributed by atoms with van der Waals surface area (Å²) >= 11 is 4.16.